The van der Waals surface area contributed by atoms with Gasteiger partial charge in [-0.25, -0.2) is 8.78 Å². The first-order valence-electron chi connectivity index (χ1n) is 9.46. The number of hydrogen-bond donors (Lipinski definition) is 2. The molecule has 0 aromatic carbocycles. The number of ether oxygens (including phenoxy) is 2. The molecular formula is C21H25F2N3O5. The molecule has 0 unspecified atom stereocenters. The van der Waals surface area contributed by atoms with Gasteiger partial charge in [0.2, 0.25) is 11.8 Å². The Hall–Kier alpha value is -3.14. The van der Waals surface area contributed by atoms with Crippen LogP contribution in [0, 0.1) is 6.92 Å². The van der Waals surface area contributed by atoms with Gasteiger partial charge in [-0.05, 0) is 39.0 Å². The number of carbonyl (C=O) groups is 2. The number of aryl methyl sites for hydroxylation is 1. The van der Waals surface area contributed by atoms with Crippen molar-refractivity contribution in [3.63, 3.8) is 0 Å². The molecule has 1 amide bonds. The van der Waals surface area contributed by atoms with Crippen molar-refractivity contribution in [3.05, 3.63) is 46.8 Å². The molecule has 31 heavy (non-hydrogen) atoms. The molecule has 168 valence electrons. The van der Waals surface area contributed by atoms with Crippen LogP contribution in [0.1, 0.15) is 41.2 Å². The third-order valence-corrected chi connectivity index (χ3v) is 4.20. The second-order valence-electron chi connectivity index (χ2n) is 7.35. The zero-order valence-corrected chi connectivity index (χ0v) is 17.7. The number of pyridine rings is 2. The summed E-state index contributed by atoms with van der Waals surface area (Å²) < 4.78 is 34.5. The quantitative estimate of drug-likeness (QED) is 0.587. The van der Waals surface area contributed by atoms with Crippen molar-refractivity contribution in [1.29, 1.82) is 0 Å². The highest BCUT2D eigenvalue weighted by atomic mass is 19.3. The molecule has 0 saturated heterocycles. The van der Waals surface area contributed by atoms with E-state index in [0.717, 1.165) is 0 Å². The van der Waals surface area contributed by atoms with Gasteiger partial charge >= 0.3 is 0 Å². The smallest absolute Gasteiger partial charge is 0.272 e. The maximum absolute atomic E-state index is 12.6. The standard InChI is InChI=1S/C21H25F2N3O5/c1-12-7-14(8-15(25-12)9-16(27)21(2,3)29)19(28)24-10-13-5-6-18(26-20(13)30-4)31-11-17(22)23/h5-8,17,29H,9-11H2,1-4H3,(H,24,28). The average molecular weight is 437 g/mol. The van der Waals surface area contributed by atoms with E-state index in [1.54, 1.807) is 19.1 Å². The molecule has 0 fully saturated rings. The fourth-order valence-corrected chi connectivity index (χ4v) is 2.61. The van der Waals surface area contributed by atoms with Crippen LogP contribution < -0.4 is 14.8 Å². The highest BCUT2D eigenvalue weighted by Gasteiger charge is 2.24. The van der Waals surface area contributed by atoms with E-state index in [-0.39, 0.29) is 24.7 Å². The van der Waals surface area contributed by atoms with Crippen LogP contribution in [0.25, 0.3) is 0 Å². The molecule has 2 aromatic rings. The normalized spacial score (nSPS) is 11.4. The summed E-state index contributed by atoms with van der Waals surface area (Å²) in [7, 11) is 1.36. The summed E-state index contributed by atoms with van der Waals surface area (Å²) in [5.74, 6) is -0.711. The summed E-state index contributed by atoms with van der Waals surface area (Å²) in [6, 6.07) is 6.02. The Morgan fingerprint density at radius 3 is 2.55 bits per heavy atom. The number of nitrogens with one attached hydrogen (secondary N) is 1. The minimum absolute atomic E-state index is 0.0156. The maximum Gasteiger partial charge on any atom is 0.272 e. The number of Topliss-reactive ketones (excluding diaryl/α,β-unsaturated/α-hetero) is 1. The Labute approximate surface area is 178 Å². The summed E-state index contributed by atoms with van der Waals surface area (Å²) in [5, 5.41) is 12.5. The van der Waals surface area contributed by atoms with Crippen LogP contribution >= 0.6 is 0 Å². The third kappa shape index (κ3) is 7.25. The molecule has 0 spiro atoms. The largest absolute Gasteiger partial charge is 0.481 e. The number of halogens is 2. The monoisotopic (exact) mass is 437 g/mol. The van der Waals surface area contributed by atoms with E-state index < -0.39 is 30.3 Å². The van der Waals surface area contributed by atoms with Gasteiger partial charge < -0.3 is 19.9 Å². The summed E-state index contributed by atoms with van der Waals surface area (Å²) >= 11 is 0. The Kier molecular flexibility index (Phi) is 7.98. The van der Waals surface area contributed by atoms with E-state index in [0.29, 0.717) is 22.5 Å². The van der Waals surface area contributed by atoms with Gasteiger partial charge in [-0.15, -0.1) is 0 Å². The lowest BCUT2D eigenvalue weighted by atomic mass is 9.98. The molecule has 0 aliphatic rings. The molecule has 2 rings (SSSR count). The van der Waals surface area contributed by atoms with E-state index in [1.165, 1.54) is 33.1 Å². The van der Waals surface area contributed by atoms with Gasteiger partial charge in [0, 0.05) is 35.1 Å². The fourth-order valence-electron chi connectivity index (χ4n) is 2.61. The van der Waals surface area contributed by atoms with E-state index in [4.69, 9.17) is 9.47 Å². The molecule has 10 heteroatoms. The molecule has 0 aliphatic heterocycles. The van der Waals surface area contributed by atoms with Crippen molar-refractivity contribution in [1.82, 2.24) is 15.3 Å². The predicted octanol–water partition coefficient (Wildman–Crippen LogP) is 2.25. The van der Waals surface area contributed by atoms with Gasteiger partial charge in [-0.1, -0.05) is 0 Å². The lowest BCUT2D eigenvalue weighted by molar-refractivity contribution is -0.133. The topological polar surface area (TPSA) is 111 Å². The molecular weight excluding hydrogens is 412 g/mol. The molecule has 2 N–H and O–H groups in total. The number of ketones is 1. The first-order chi connectivity index (χ1) is 14.5. The minimum atomic E-state index is -2.63. The summed E-state index contributed by atoms with van der Waals surface area (Å²) in [5.41, 5.74) is 0.240. The molecule has 0 aliphatic carbocycles. The Morgan fingerprint density at radius 1 is 1.23 bits per heavy atom. The van der Waals surface area contributed by atoms with E-state index >= 15 is 0 Å². The van der Waals surface area contributed by atoms with Crippen molar-refractivity contribution in [2.24, 2.45) is 0 Å². The number of hydrogen-bond acceptors (Lipinski definition) is 7. The lowest BCUT2D eigenvalue weighted by Gasteiger charge is -2.15. The highest BCUT2D eigenvalue weighted by Crippen LogP contribution is 2.20. The van der Waals surface area contributed by atoms with Gasteiger partial charge in [-0.3, -0.25) is 14.6 Å². The van der Waals surface area contributed by atoms with Gasteiger partial charge in [0.25, 0.3) is 12.3 Å². The molecule has 0 bridgehead atoms. The molecule has 0 radical (unpaired) electrons. The average Bonchev–Trinajstić information content (AvgIpc) is 2.69. The van der Waals surface area contributed by atoms with Crippen molar-refractivity contribution < 1.29 is 33.0 Å². The first-order valence-corrected chi connectivity index (χ1v) is 9.46. The third-order valence-electron chi connectivity index (χ3n) is 4.20. The van der Waals surface area contributed by atoms with Gasteiger partial charge in [0.15, 0.2) is 12.4 Å². The van der Waals surface area contributed by atoms with Crippen molar-refractivity contribution in [2.45, 2.75) is 45.8 Å². The van der Waals surface area contributed by atoms with E-state index in [1.807, 2.05) is 0 Å². The Morgan fingerprint density at radius 2 is 1.94 bits per heavy atom. The molecule has 2 heterocycles. The number of rotatable bonds is 10. The van der Waals surface area contributed by atoms with Gasteiger partial charge in [0.05, 0.1) is 13.5 Å². The van der Waals surface area contributed by atoms with Crippen LogP contribution in [0.4, 0.5) is 8.78 Å². The van der Waals surface area contributed by atoms with Gasteiger partial charge in [-0.2, -0.15) is 4.98 Å². The number of nitrogens with zero attached hydrogens (tertiary/aromatic N) is 2. The Balaban J connectivity index is 2.09. The van der Waals surface area contributed by atoms with Crippen molar-refractivity contribution in [3.8, 4) is 11.8 Å². The molecule has 2 aromatic heterocycles. The SMILES string of the molecule is COc1nc(OCC(F)F)ccc1CNC(=O)c1cc(C)nc(CC(=O)C(C)(C)O)c1. The summed E-state index contributed by atoms with van der Waals surface area (Å²) in [4.78, 5) is 32.9. The number of alkyl halides is 2. The molecule has 0 saturated carbocycles. The van der Waals surface area contributed by atoms with Crippen molar-refractivity contribution in [2.75, 3.05) is 13.7 Å². The Bertz CT molecular complexity index is 945. The van der Waals surface area contributed by atoms with Crippen LogP contribution in [-0.2, 0) is 17.8 Å². The minimum Gasteiger partial charge on any atom is -0.481 e. The van der Waals surface area contributed by atoms with Crippen LogP contribution in [0.15, 0.2) is 24.3 Å². The summed E-state index contributed by atoms with van der Waals surface area (Å²) in [6.07, 6.45) is -2.73. The zero-order chi connectivity index (χ0) is 23.2. The first kappa shape index (κ1) is 24.1. The van der Waals surface area contributed by atoms with Crippen LogP contribution in [0.5, 0.6) is 11.8 Å². The second kappa shape index (κ2) is 10.3. The van der Waals surface area contributed by atoms with Crippen molar-refractivity contribution >= 4 is 11.7 Å². The van der Waals surface area contributed by atoms with Crippen LogP contribution in [-0.4, -0.2) is 52.5 Å². The number of aliphatic hydroxyl groups is 1. The summed E-state index contributed by atoms with van der Waals surface area (Å²) in [6.45, 7) is 3.75. The number of aromatic nitrogens is 2. The zero-order valence-electron chi connectivity index (χ0n) is 17.7. The predicted molar refractivity (Wildman–Crippen MR) is 107 cm³/mol. The lowest BCUT2D eigenvalue weighted by Crippen LogP contribution is -2.33. The maximum atomic E-state index is 12.6. The number of amides is 1. The van der Waals surface area contributed by atoms with Crippen LogP contribution in [0.2, 0.25) is 0 Å². The van der Waals surface area contributed by atoms with Crippen LogP contribution in [0.3, 0.4) is 0 Å². The second-order valence-corrected chi connectivity index (χ2v) is 7.35. The highest BCUT2D eigenvalue weighted by molar-refractivity contribution is 5.95. The molecule has 8 nitrogen and oxygen atoms in total. The number of carbonyl (C=O) groups excluding carboxylic acids is 2. The van der Waals surface area contributed by atoms with Gasteiger partial charge in [0.1, 0.15) is 5.60 Å². The number of methoxy groups -OCH3 is 1. The fraction of sp³-hybridized carbons (Fsp3) is 0.429. The van der Waals surface area contributed by atoms with E-state index in [2.05, 4.69) is 15.3 Å². The van der Waals surface area contributed by atoms with E-state index in [9.17, 15) is 23.5 Å². The molecule has 0 atom stereocenters.